The average Bonchev–Trinajstić information content (AvgIpc) is 2.27. The van der Waals surface area contributed by atoms with Crippen molar-refractivity contribution >= 4 is 5.78 Å². The number of hydrogen-bond donors (Lipinski definition) is 1. The Bertz CT molecular complexity index is 185. The lowest BCUT2D eigenvalue weighted by Gasteiger charge is -2.22. The van der Waals surface area contributed by atoms with Crippen molar-refractivity contribution in [2.45, 2.75) is 52.4 Å². The minimum atomic E-state index is 0.289. The lowest BCUT2D eigenvalue weighted by Crippen LogP contribution is -2.28. The highest BCUT2D eigenvalue weighted by molar-refractivity contribution is 5.80. The highest BCUT2D eigenvalue weighted by atomic mass is 16.1. The first-order chi connectivity index (χ1) is 7.24. The van der Waals surface area contributed by atoms with Crippen molar-refractivity contribution in [2.24, 2.45) is 11.8 Å². The van der Waals surface area contributed by atoms with Crippen molar-refractivity contribution in [3.05, 3.63) is 0 Å². The second-order valence-electron chi connectivity index (χ2n) is 4.89. The van der Waals surface area contributed by atoms with E-state index in [0.717, 1.165) is 44.7 Å². The van der Waals surface area contributed by atoms with Gasteiger partial charge >= 0.3 is 0 Å². The maximum absolute atomic E-state index is 11.8. The Morgan fingerprint density at radius 1 is 1.40 bits per heavy atom. The maximum Gasteiger partial charge on any atom is 0.135 e. The van der Waals surface area contributed by atoms with Gasteiger partial charge in [-0.2, -0.15) is 0 Å². The minimum Gasteiger partial charge on any atom is -0.317 e. The Morgan fingerprint density at radius 3 is 2.67 bits per heavy atom. The summed E-state index contributed by atoms with van der Waals surface area (Å²) in [6, 6.07) is 0. The third-order valence-corrected chi connectivity index (χ3v) is 3.53. The van der Waals surface area contributed by atoms with E-state index in [-0.39, 0.29) is 5.92 Å². The molecule has 1 rings (SSSR count). The van der Waals surface area contributed by atoms with Crippen LogP contribution in [0.5, 0.6) is 0 Å². The van der Waals surface area contributed by atoms with Crippen molar-refractivity contribution in [3.63, 3.8) is 0 Å². The highest BCUT2D eigenvalue weighted by Gasteiger charge is 2.17. The van der Waals surface area contributed by atoms with Gasteiger partial charge in [0.15, 0.2) is 0 Å². The molecule has 1 heterocycles. The van der Waals surface area contributed by atoms with Crippen molar-refractivity contribution in [1.29, 1.82) is 0 Å². The Balaban J connectivity index is 2.14. The van der Waals surface area contributed by atoms with Gasteiger partial charge in [0.25, 0.3) is 0 Å². The number of carbonyl (C=O) groups is 1. The topological polar surface area (TPSA) is 29.1 Å². The van der Waals surface area contributed by atoms with E-state index in [4.69, 9.17) is 0 Å². The van der Waals surface area contributed by atoms with Crippen LogP contribution in [0.2, 0.25) is 0 Å². The van der Waals surface area contributed by atoms with Crippen LogP contribution >= 0.6 is 0 Å². The van der Waals surface area contributed by atoms with E-state index >= 15 is 0 Å². The molecule has 0 aromatic carbocycles. The Kier molecular flexibility index (Phi) is 5.92. The van der Waals surface area contributed by atoms with Gasteiger partial charge in [-0.05, 0) is 44.7 Å². The molecular weight excluding hydrogens is 186 g/mol. The van der Waals surface area contributed by atoms with Crippen LogP contribution in [-0.4, -0.2) is 18.9 Å². The first kappa shape index (κ1) is 12.7. The van der Waals surface area contributed by atoms with Crippen LogP contribution in [0.25, 0.3) is 0 Å². The quantitative estimate of drug-likeness (QED) is 0.732. The summed E-state index contributed by atoms with van der Waals surface area (Å²) in [6.45, 7) is 6.51. The third-order valence-electron chi connectivity index (χ3n) is 3.53. The molecule has 0 bridgehead atoms. The molecule has 1 unspecified atom stereocenters. The molecule has 88 valence electrons. The Labute approximate surface area is 93.8 Å². The fraction of sp³-hybridized carbons (Fsp3) is 0.923. The van der Waals surface area contributed by atoms with Crippen LogP contribution < -0.4 is 5.32 Å². The van der Waals surface area contributed by atoms with Crippen LogP contribution in [0.15, 0.2) is 0 Å². The molecule has 0 spiro atoms. The summed E-state index contributed by atoms with van der Waals surface area (Å²) in [5.74, 6) is 1.57. The fourth-order valence-corrected chi connectivity index (χ4v) is 2.36. The van der Waals surface area contributed by atoms with Crippen LogP contribution in [-0.2, 0) is 4.79 Å². The normalized spacial score (nSPS) is 20.1. The third kappa shape index (κ3) is 4.78. The molecule has 0 radical (unpaired) electrons. The van der Waals surface area contributed by atoms with Gasteiger partial charge < -0.3 is 5.32 Å². The van der Waals surface area contributed by atoms with E-state index in [0.29, 0.717) is 5.78 Å². The smallest absolute Gasteiger partial charge is 0.135 e. The minimum absolute atomic E-state index is 0.289. The summed E-state index contributed by atoms with van der Waals surface area (Å²) in [4.78, 5) is 11.8. The second-order valence-corrected chi connectivity index (χ2v) is 4.89. The van der Waals surface area contributed by atoms with Crippen molar-refractivity contribution in [1.82, 2.24) is 5.32 Å². The number of carbonyl (C=O) groups excluding carboxylic acids is 1. The predicted octanol–water partition coefficient (Wildman–Crippen LogP) is 2.77. The largest absolute Gasteiger partial charge is 0.317 e. The molecule has 0 aromatic rings. The molecule has 2 nitrogen and oxygen atoms in total. The van der Waals surface area contributed by atoms with Crippen molar-refractivity contribution < 1.29 is 4.79 Å². The SMILES string of the molecule is CCCC(C)C(=O)CCC1CCNCC1. The van der Waals surface area contributed by atoms with Crippen LogP contribution in [0.1, 0.15) is 52.4 Å². The lowest BCUT2D eigenvalue weighted by atomic mass is 9.89. The molecule has 0 aromatic heterocycles. The van der Waals surface area contributed by atoms with Crippen LogP contribution in [0.3, 0.4) is 0 Å². The molecule has 1 aliphatic rings. The summed E-state index contributed by atoms with van der Waals surface area (Å²) < 4.78 is 0. The van der Waals surface area contributed by atoms with E-state index in [1.165, 1.54) is 12.8 Å². The van der Waals surface area contributed by atoms with E-state index in [2.05, 4.69) is 19.2 Å². The number of piperidine rings is 1. The molecule has 2 heteroatoms. The summed E-state index contributed by atoms with van der Waals surface area (Å²) >= 11 is 0. The molecule has 1 atom stereocenters. The zero-order valence-corrected chi connectivity index (χ0v) is 10.2. The summed E-state index contributed by atoms with van der Waals surface area (Å²) in [7, 11) is 0. The molecule has 0 saturated carbocycles. The lowest BCUT2D eigenvalue weighted by molar-refractivity contribution is -0.122. The van der Waals surface area contributed by atoms with Gasteiger partial charge in [0.1, 0.15) is 5.78 Å². The predicted molar refractivity (Wildman–Crippen MR) is 63.9 cm³/mol. The molecule has 1 saturated heterocycles. The fourth-order valence-electron chi connectivity index (χ4n) is 2.36. The number of nitrogens with one attached hydrogen (secondary N) is 1. The van der Waals surface area contributed by atoms with E-state index < -0.39 is 0 Å². The van der Waals surface area contributed by atoms with Gasteiger partial charge in [-0.1, -0.05) is 20.3 Å². The van der Waals surface area contributed by atoms with E-state index in [1.54, 1.807) is 0 Å². The van der Waals surface area contributed by atoms with E-state index in [9.17, 15) is 4.79 Å². The Hall–Kier alpha value is -0.370. The maximum atomic E-state index is 11.8. The monoisotopic (exact) mass is 211 g/mol. The Morgan fingerprint density at radius 2 is 2.07 bits per heavy atom. The molecule has 15 heavy (non-hydrogen) atoms. The molecule has 1 aliphatic heterocycles. The van der Waals surface area contributed by atoms with E-state index in [1.807, 2.05) is 0 Å². The summed E-state index contributed by atoms with van der Waals surface area (Å²) in [6.07, 6.45) is 6.64. The van der Waals surface area contributed by atoms with Gasteiger partial charge in [0.05, 0.1) is 0 Å². The number of rotatable bonds is 6. The first-order valence-corrected chi connectivity index (χ1v) is 6.47. The second kappa shape index (κ2) is 7.00. The average molecular weight is 211 g/mol. The van der Waals surface area contributed by atoms with Gasteiger partial charge in [-0.25, -0.2) is 0 Å². The van der Waals surface area contributed by atoms with Gasteiger partial charge in [0.2, 0.25) is 0 Å². The molecule has 0 aliphatic carbocycles. The number of Topliss-reactive ketones (excluding diaryl/α,β-unsaturated/α-hetero) is 1. The number of ketones is 1. The van der Waals surface area contributed by atoms with Gasteiger partial charge in [-0.3, -0.25) is 4.79 Å². The van der Waals surface area contributed by atoms with Crippen molar-refractivity contribution in [3.8, 4) is 0 Å². The first-order valence-electron chi connectivity index (χ1n) is 6.47. The zero-order chi connectivity index (χ0) is 11.1. The molecule has 1 N–H and O–H groups in total. The van der Waals surface area contributed by atoms with Gasteiger partial charge in [0, 0.05) is 12.3 Å². The standard InChI is InChI=1S/C13H25NO/c1-3-4-11(2)13(15)6-5-12-7-9-14-10-8-12/h11-12,14H,3-10H2,1-2H3. The zero-order valence-electron chi connectivity index (χ0n) is 10.2. The molecule has 0 amide bonds. The summed E-state index contributed by atoms with van der Waals surface area (Å²) in [5.41, 5.74) is 0. The van der Waals surface area contributed by atoms with Crippen LogP contribution in [0.4, 0.5) is 0 Å². The summed E-state index contributed by atoms with van der Waals surface area (Å²) in [5, 5.41) is 3.36. The van der Waals surface area contributed by atoms with Crippen molar-refractivity contribution in [2.75, 3.05) is 13.1 Å². The highest BCUT2D eigenvalue weighted by Crippen LogP contribution is 2.20. The molecular formula is C13H25NO. The van der Waals surface area contributed by atoms with Gasteiger partial charge in [-0.15, -0.1) is 0 Å². The van der Waals surface area contributed by atoms with Crippen LogP contribution in [0, 0.1) is 11.8 Å². The number of hydrogen-bond acceptors (Lipinski definition) is 2. The molecule has 1 fully saturated rings.